The highest BCUT2D eigenvalue weighted by molar-refractivity contribution is 6.05. The number of likely N-dealkylation sites (N-methyl/N-ethyl adjacent to an activating group) is 1. The molecule has 1 aliphatic heterocycles. The van der Waals surface area contributed by atoms with Crippen LogP contribution in [-0.2, 0) is 12.7 Å². The molecular weight excluding hydrogens is 479 g/mol. The van der Waals surface area contributed by atoms with Crippen LogP contribution in [-0.4, -0.2) is 59.1 Å². The van der Waals surface area contributed by atoms with Crippen LogP contribution in [0.25, 0.3) is 22.0 Å². The minimum absolute atomic E-state index is 0.130. The minimum Gasteiger partial charge on any atom is -0.322 e. The number of aromatic nitrogens is 2. The molecule has 6 nitrogen and oxygen atoms in total. The zero-order chi connectivity index (χ0) is 26.2. The Bertz CT molecular complexity index is 1440. The predicted octanol–water partition coefficient (Wildman–Crippen LogP) is 5.56. The first-order chi connectivity index (χ1) is 17.7. The number of carbonyl (C=O) groups excluding carboxylic acids is 1. The van der Waals surface area contributed by atoms with Gasteiger partial charge in [-0.2, -0.15) is 18.3 Å². The first-order valence-corrected chi connectivity index (χ1v) is 12.1. The highest BCUT2D eigenvalue weighted by atomic mass is 19.4. The second-order valence-electron chi connectivity index (χ2n) is 9.65. The van der Waals surface area contributed by atoms with Gasteiger partial charge in [-0.25, -0.2) is 0 Å². The summed E-state index contributed by atoms with van der Waals surface area (Å²) in [5.41, 5.74) is 3.88. The number of fused-ring (bicyclic) bond motifs is 1. The number of aryl methyl sites for hydroxylation is 1. The highest BCUT2D eigenvalue weighted by Gasteiger charge is 2.31. The maximum Gasteiger partial charge on any atom is 0.416 e. The van der Waals surface area contributed by atoms with E-state index >= 15 is 0 Å². The second kappa shape index (κ2) is 9.99. The topological polar surface area (TPSA) is 64.3 Å². The van der Waals surface area contributed by atoms with Gasteiger partial charge in [-0.3, -0.25) is 14.8 Å². The molecule has 2 N–H and O–H groups in total. The van der Waals surface area contributed by atoms with E-state index in [0.717, 1.165) is 59.8 Å². The van der Waals surface area contributed by atoms with Gasteiger partial charge in [0.1, 0.15) is 0 Å². The average molecular weight is 508 g/mol. The van der Waals surface area contributed by atoms with Crippen molar-refractivity contribution in [2.24, 2.45) is 0 Å². The first-order valence-electron chi connectivity index (χ1n) is 12.1. The lowest BCUT2D eigenvalue weighted by Gasteiger charge is -2.32. The monoisotopic (exact) mass is 507 g/mol. The molecule has 0 saturated carbocycles. The third kappa shape index (κ3) is 5.68. The van der Waals surface area contributed by atoms with Crippen LogP contribution in [0.4, 0.5) is 18.9 Å². The third-order valence-corrected chi connectivity index (χ3v) is 6.83. The molecule has 4 aromatic rings. The summed E-state index contributed by atoms with van der Waals surface area (Å²) in [6.45, 7) is 5.64. The molecule has 37 heavy (non-hydrogen) atoms. The van der Waals surface area contributed by atoms with Crippen molar-refractivity contribution in [1.29, 1.82) is 0 Å². The quantitative estimate of drug-likeness (QED) is 0.372. The van der Waals surface area contributed by atoms with E-state index in [-0.39, 0.29) is 5.69 Å². The first kappa shape index (κ1) is 25.0. The number of nitrogens with one attached hydrogen (secondary N) is 2. The van der Waals surface area contributed by atoms with Crippen molar-refractivity contribution in [1.82, 2.24) is 20.0 Å². The Morgan fingerprint density at radius 3 is 2.57 bits per heavy atom. The summed E-state index contributed by atoms with van der Waals surface area (Å²) in [5.74, 6) is -0.464. The van der Waals surface area contributed by atoms with Crippen LogP contribution in [0.5, 0.6) is 0 Å². The van der Waals surface area contributed by atoms with Crippen LogP contribution in [0.15, 0.2) is 60.8 Å². The number of carbonyl (C=O) groups is 1. The molecule has 0 aliphatic carbocycles. The zero-order valence-corrected chi connectivity index (χ0v) is 20.7. The second-order valence-corrected chi connectivity index (χ2v) is 9.65. The fourth-order valence-electron chi connectivity index (χ4n) is 4.67. The molecular formula is C28H28F3N5O. The van der Waals surface area contributed by atoms with Gasteiger partial charge in [-0.15, -0.1) is 0 Å². The summed E-state index contributed by atoms with van der Waals surface area (Å²) >= 11 is 0. The molecule has 9 heteroatoms. The van der Waals surface area contributed by atoms with Crippen molar-refractivity contribution < 1.29 is 18.0 Å². The van der Waals surface area contributed by atoms with Crippen LogP contribution in [0.3, 0.4) is 0 Å². The number of nitrogens with zero attached hydrogens (tertiary/aromatic N) is 3. The van der Waals surface area contributed by atoms with Gasteiger partial charge in [0.2, 0.25) is 0 Å². The molecule has 1 aromatic heterocycles. The number of piperazine rings is 1. The summed E-state index contributed by atoms with van der Waals surface area (Å²) in [6.07, 6.45) is -2.77. The molecule has 3 aromatic carbocycles. The highest BCUT2D eigenvalue weighted by Crippen LogP contribution is 2.33. The Morgan fingerprint density at radius 2 is 1.81 bits per heavy atom. The Hall–Kier alpha value is -3.69. The van der Waals surface area contributed by atoms with Gasteiger partial charge < -0.3 is 10.2 Å². The van der Waals surface area contributed by atoms with E-state index in [9.17, 15) is 18.0 Å². The van der Waals surface area contributed by atoms with Crippen LogP contribution < -0.4 is 5.32 Å². The van der Waals surface area contributed by atoms with E-state index in [4.69, 9.17) is 0 Å². The summed E-state index contributed by atoms with van der Waals surface area (Å²) in [6, 6.07) is 15.0. The number of halogens is 3. The zero-order valence-electron chi connectivity index (χ0n) is 20.7. The summed E-state index contributed by atoms with van der Waals surface area (Å²) in [4.78, 5) is 17.5. The molecule has 0 unspecified atom stereocenters. The van der Waals surface area contributed by atoms with Crippen molar-refractivity contribution >= 4 is 22.5 Å². The molecule has 1 aliphatic rings. The van der Waals surface area contributed by atoms with Gasteiger partial charge in [0.05, 0.1) is 17.3 Å². The molecule has 0 radical (unpaired) electrons. The van der Waals surface area contributed by atoms with E-state index in [2.05, 4.69) is 25.3 Å². The van der Waals surface area contributed by atoms with E-state index < -0.39 is 17.6 Å². The number of benzene rings is 3. The number of hydrogen-bond donors (Lipinski definition) is 2. The lowest BCUT2D eigenvalue weighted by molar-refractivity contribution is -0.137. The van der Waals surface area contributed by atoms with E-state index in [1.807, 2.05) is 38.2 Å². The Morgan fingerprint density at radius 1 is 1.03 bits per heavy atom. The summed E-state index contributed by atoms with van der Waals surface area (Å²) < 4.78 is 41.0. The maximum absolute atomic E-state index is 13.7. The molecule has 5 rings (SSSR count). The molecule has 1 amide bonds. The van der Waals surface area contributed by atoms with Crippen LogP contribution in [0.1, 0.15) is 27.0 Å². The molecule has 1 saturated heterocycles. The number of hydrogen-bond acceptors (Lipinski definition) is 4. The van der Waals surface area contributed by atoms with Gasteiger partial charge in [-0.1, -0.05) is 18.2 Å². The number of amides is 1. The lowest BCUT2D eigenvalue weighted by Crippen LogP contribution is -2.43. The van der Waals surface area contributed by atoms with Crippen LogP contribution in [0, 0.1) is 6.92 Å². The van der Waals surface area contributed by atoms with Gasteiger partial charge in [0.15, 0.2) is 0 Å². The minimum atomic E-state index is -4.51. The van der Waals surface area contributed by atoms with Crippen molar-refractivity contribution in [3.63, 3.8) is 0 Å². The van der Waals surface area contributed by atoms with E-state index in [1.165, 1.54) is 6.07 Å². The Balaban J connectivity index is 1.40. The number of anilines is 1. The largest absolute Gasteiger partial charge is 0.416 e. The van der Waals surface area contributed by atoms with Crippen LogP contribution in [0.2, 0.25) is 0 Å². The van der Waals surface area contributed by atoms with Crippen molar-refractivity contribution in [3.05, 3.63) is 83.0 Å². The summed E-state index contributed by atoms with van der Waals surface area (Å²) in [7, 11) is 2.03. The average Bonchev–Trinajstić information content (AvgIpc) is 3.33. The van der Waals surface area contributed by atoms with Gasteiger partial charge in [-0.05, 0) is 72.6 Å². The SMILES string of the molecule is Cc1ccc(C(=O)Nc2cc(CN3CCN(C)CC3)cc(C(F)(F)F)c2)cc1-c1ccc2cn[nH]c2c1. The molecule has 192 valence electrons. The molecule has 1 fully saturated rings. The summed E-state index contributed by atoms with van der Waals surface area (Å²) in [5, 5.41) is 10.7. The van der Waals surface area contributed by atoms with Gasteiger partial charge >= 0.3 is 6.18 Å². The molecule has 0 atom stereocenters. The predicted molar refractivity (Wildman–Crippen MR) is 138 cm³/mol. The Kier molecular flexibility index (Phi) is 6.74. The number of H-pyrrole nitrogens is 1. The van der Waals surface area contributed by atoms with E-state index in [0.29, 0.717) is 17.7 Å². The number of alkyl halides is 3. The van der Waals surface area contributed by atoms with Crippen molar-refractivity contribution in [2.45, 2.75) is 19.6 Å². The smallest absolute Gasteiger partial charge is 0.322 e. The number of rotatable bonds is 5. The Labute approximate surface area is 213 Å². The maximum atomic E-state index is 13.7. The normalized spacial score (nSPS) is 15.3. The van der Waals surface area contributed by atoms with E-state index in [1.54, 1.807) is 24.4 Å². The standard InChI is InChI=1S/C28H28F3N5O/c1-18-3-4-21(13-25(18)20-5-6-22-16-32-34-26(22)14-20)27(37)33-24-12-19(11-23(15-24)28(29,30)31)17-36-9-7-35(2)8-10-36/h3-6,11-16H,7-10,17H2,1-2H3,(H,32,34)(H,33,37). The molecule has 0 spiro atoms. The molecule has 0 bridgehead atoms. The van der Waals surface area contributed by atoms with Crippen LogP contribution >= 0.6 is 0 Å². The molecule has 2 heterocycles. The lowest BCUT2D eigenvalue weighted by atomic mass is 9.97. The van der Waals surface area contributed by atoms with Gasteiger partial charge in [0.25, 0.3) is 5.91 Å². The third-order valence-electron chi connectivity index (χ3n) is 6.83. The van der Waals surface area contributed by atoms with Gasteiger partial charge in [0, 0.05) is 49.4 Å². The fourth-order valence-corrected chi connectivity index (χ4v) is 4.67. The van der Waals surface area contributed by atoms with Crippen molar-refractivity contribution in [2.75, 3.05) is 38.5 Å². The van der Waals surface area contributed by atoms with Crippen molar-refractivity contribution in [3.8, 4) is 11.1 Å². The fraction of sp³-hybridized carbons (Fsp3) is 0.286. The number of aromatic amines is 1.